The van der Waals surface area contributed by atoms with E-state index in [-0.39, 0.29) is 31.4 Å². The number of aliphatic hydroxyl groups excluding tert-OH is 1. The number of ether oxygens (including phenoxy) is 1. The van der Waals surface area contributed by atoms with Crippen molar-refractivity contribution in [3.8, 4) is 0 Å². The zero-order valence-electron chi connectivity index (χ0n) is 9.88. The maximum absolute atomic E-state index is 11.7. The second kappa shape index (κ2) is 6.10. The Bertz CT molecular complexity index is 435. The molecule has 0 radical (unpaired) electrons. The first-order valence-electron chi connectivity index (χ1n) is 5.15. The summed E-state index contributed by atoms with van der Waals surface area (Å²) < 4.78 is 32.4. The molecule has 2 N–H and O–H groups in total. The molecule has 0 aromatic carbocycles. The van der Waals surface area contributed by atoms with Crippen LogP contribution in [0, 0.1) is 6.92 Å². The Morgan fingerprint density at radius 3 is 2.76 bits per heavy atom. The molecule has 0 amide bonds. The van der Waals surface area contributed by atoms with Gasteiger partial charge >= 0.3 is 0 Å². The lowest BCUT2D eigenvalue weighted by molar-refractivity contribution is 0.0961. The summed E-state index contributed by atoms with van der Waals surface area (Å²) in [5.74, 6) is 0.627. The Hall–Kier alpha value is -0.960. The molecule has 0 spiro atoms. The topological polar surface area (TPSA) is 93.5 Å². The molecule has 0 aliphatic heterocycles. The van der Waals surface area contributed by atoms with Crippen molar-refractivity contribution in [3.63, 3.8) is 0 Å². The molecule has 1 aromatic rings. The Labute approximate surface area is 100 Å². The Morgan fingerprint density at radius 1 is 1.53 bits per heavy atom. The van der Waals surface area contributed by atoms with Gasteiger partial charge in [0.05, 0.1) is 19.8 Å². The highest BCUT2D eigenvalue weighted by molar-refractivity contribution is 7.89. The minimum absolute atomic E-state index is 0.000316. The first-order chi connectivity index (χ1) is 7.97. The second-order valence-electron chi connectivity index (χ2n) is 3.47. The van der Waals surface area contributed by atoms with Crippen LogP contribution in [0.5, 0.6) is 0 Å². The van der Waals surface area contributed by atoms with E-state index in [1.54, 1.807) is 18.5 Å². The lowest BCUT2D eigenvalue weighted by atomic mass is 10.7. The molecule has 0 fully saturated rings. The van der Waals surface area contributed by atoms with Gasteiger partial charge in [0.25, 0.3) is 10.0 Å². The van der Waals surface area contributed by atoms with Crippen LogP contribution in [0.15, 0.2) is 11.2 Å². The zero-order chi connectivity index (χ0) is 12.9. The van der Waals surface area contributed by atoms with Crippen molar-refractivity contribution >= 4 is 10.0 Å². The van der Waals surface area contributed by atoms with E-state index in [0.29, 0.717) is 5.82 Å². The molecule has 1 rings (SSSR count). The van der Waals surface area contributed by atoms with Crippen LogP contribution in [-0.2, 0) is 21.8 Å². The number of aromatic nitrogens is 2. The molecule has 1 heterocycles. The van der Waals surface area contributed by atoms with Gasteiger partial charge in [-0.1, -0.05) is 0 Å². The molecule has 0 aliphatic rings. The molecule has 0 aliphatic carbocycles. The van der Waals surface area contributed by atoms with Gasteiger partial charge < -0.3 is 14.4 Å². The van der Waals surface area contributed by atoms with Gasteiger partial charge in [-0.25, -0.2) is 18.1 Å². The van der Waals surface area contributed by atoms with Crippen LogP contribution < -0.4 is 4.72 Å². The van der Waals surface area contributed by atoms with Gasteiger partial charge in [0.15, 0.2) is 5.03 Å². The average Bonchev–Trinajstić information content (AvgIpc) is 2.60. The smallest absolute Gasteiger partial charge is 0.259 e. The molecule has 1 aromatic heterocycles. The van der Waals surface area contributed by atoms with E-state index in [0.717, 1.165) is 0 Å². The van der Waals surface area contributed by atoms with E-state index >= 15 is 0 Å². The quantitative estimate of drug-likeness (QED) is 0.616. The van der Waals surface area contributed by atoms with Crippen molar-refractivity contribution in [2.75, 3.05) is 26.4 Å². The first-order valence-corrected chi connectivity index (χ1v) is 6.64. The van der Waals surface area contributed by atoms with Crippen molar-refractivity contribution in [3.05, 3.63) is 12.0 Å². The SMILES string of the molecule is Cc1nc(S(=O)(=O)NCCOCCO)cn1C. The molecule has 0 unspecified atom stereocenters. The van der Waals surface area contributed by atoms with Crippen molar-refractivity contribution in [2.45, 2.75) is 11.9 Å². The van der Waals surface area contributed by atoms with Gasteiger partial charge in [-0.15, -0.1) is 0 Å². The normalized spacial score (nSPS) is 11.9. The Kier molecular flexibility index (Phi) is 5.06. The first kappa shape index (κ1) is 14.1. The summed E-state index contributed by atoms with van der Waals surface area (Å²) in [7, 11) is -1.85. The molecule has 98 valence electrons. The molecule has 0 bridgehead atoms. The monoisotopic (exact) mass is 263 g/mol. The van der Waals surface area contributed by atoms with E-state index in [1.807, 2.05) is 0 Å². The predicted octanol–water partition coefficient (Wildman–Crippen LogP) is -0.984. The number of hydrogen-bond acceptors (Lipinski definition) is 5. The molecular formula is C9H17N3O4S. The summed E-state index contributed by atoms with van der Waals surface area (Å²) in [6.07, 6.45) is 1.45. The third-order valence-electron chi connectivity index (χ3n) is 2.14. The highest BCUT2D eigenvalue weighted by atomic mass is 32.2. The summed E-state index contributed by atoms with van der Waals surface area (Å²) in [6, 6.07) is 0. The van der Waals surface area contributed by atoms with Gasteiger partial charge in [-0.05, 0) is 6.92 Å². The van der Waals surface area contributed by atoms with E-state index in [4.69, 9.17) is 9.84 Å². The molecular weight excluding hydrogens is 246 g/mol. The molecule has 17 heavy (non-hydrogen) atoms. The minimum atomic E-state index is -3.57. The Balaban J connectivity index is 2.51. The largest absolute Gasteiger partial charge is 0.394 e. The third kappa shape index (κ3) is 4.08. The lowest BCUT2D eigenvalue weighted by Gasteiger charge is -2.04. The minimum Gasteiger partial charge on any atom is -0.394 e. The summed E-state index contributed by atoms with van der Waals surface area (Å²) in [5, 5.41) is 8.46. The van der Waals surface area contributed by atoms with Gasteiger partial charge in [0.1, 0.15) is 5.82 Å². The van der Waals surface area contributed by atoms with Gasteiger partial charge in [-0.2, -0.15) is 0 Å². The van der Waals surface area contributed by atoms with Crippen LogP contribution in [0.2, 0.25) is 0 Å². The number of hydrogen-bond donors (Lipinski definition) is 2. The fraction of sp³-hybridized carbons (Fsp3) is 0.667. The van der Waals surface area contributed by atoms with E-state index in [1.165, 1.54) is 6.20 Å². The summed E-state index contributed by atoms with van der Waals surface area (Å²) in [4.78, 5) is 3.93. The number of rotatable bonds is 7. The molecule has 8 heteroatoms. The number of aliphatic hydroxyl groups is 1. The van der Waals surface area contributed by atoms with Crippen molar-refractivity contribution in [2.24, 2.45) is 7.05 Å². The number of nitrogens with one attached hydrogen (secondary N) is 1. The summed E-state index contributed by atoms with van der Waals surface area (Å²) >= 11 is 0. The zero-order valence-corrected chi connectivity index (χ0v) is 10.7. The highest BCUT2D eigenvalue weighted by Gasteiger charge is 2.17. The van der Waals surface area contributed by atoms with Gasteiger partial charge in [0, 0.05) is 19.8 Å². The van der Waals surface area contributed by atoms with Crippen molar-refractivity contribution in [1.29, 1.82) is 0 Å². The van der Waals surface area contributed by atoms with Crippen molar-refractivity contribution in [1.82, 2.24) is 14.3 Å². The predicted molar refractivity (Wildman–Crippen MR) is 61.0 cm³/mol. The van der Waals surface area contributed by atoms with Crippen molar-refractivity contribution < 1.29 is 18.3 Å². The number of sulfonamides is 1. The van der Waals surface area contributed by atoms with E-state index < -0.39 is 10.0 Å². The average molecular weight is 263 g/mol. The maximum atomic E-state index is 11.7. The maximum Gasteiger partial charge on any atom is 0.259 e. The number of aryl methyl sites for hydroxylation is 2. The third-order valence-corrected chi connectivity index (χ3v) is 3.47. The van der Waals surface area contributed by atoms with Crippen LogP contribution in [0.3, 0.4) is 0 Å². The standard InChI is InChI=1S/C9H17N3O4S/c1-8-11-9(7-12(8)2)17(14,15)10-3-5-16-6-4-13/h7,10,13H,3-6H2,1-2H3. The number of nitrogens with zero attached hydrogens (tertiary/aromatic N) is 2. The van der Waals surface area contributed by atoms with Crippen LogP contribution in [0.4, 0.5) is 0 Å². The van der Waals surface area contributed by atoms with Crippen LogP contribution in [0.25, 0.3) is 0 Å². The summed E-state index contributed by atoms with van der Waals surface area (Å²) in [6.45, 7) is 2.21. The fourth-order valence-electron chi connectivity index (χ4n) is 1.14. The molecule has 7 nitrogen and oxygen atoms in total. The molecule has 0 saturated carbocycles. The molecule has 0 atom stereocenters. The second-order valence-corrected chi connectivity index (χ2v) is 5.18. The number of imidazole rings is 1. The van der Waals surface area contributed by atoms with Crippen LogP contribution in [-0.4, -0.2) is 49.4 Å². The molecule has 0 saturated heterocycles. The Morgan fingerprint density at radius 2 is 2.24 bits per heavy atom. The van der Waals surface area contributed by atoms with E-state index in [9.17, 15) is 8.42 Å². The fourth-order valence-corrected chi connectivity index (χ4v) is 2.19. The van der Waals surface area contributed by atoms with Gasteiger partial charge in [0.2, 0.25) is 0 Å². The highest BCUT2D eigenvalue weighted by Crippen LogP contribution is 2.06. The van der Waals surface area contributed by atoms with Crippen LogP contribution in [0.1, 0.15) is 5.82 Å². The van der Waals surface area contributed by atoms with Gasteiger partial charge in [-0.3, -0.25) is 0 Å². The van der Waals surface area contributed by atoms with E-state index in [2.05, 4.69) is 9.71 Å². The lowest BCUT2D eigenvalue weighted by Crippen LogP contribution is -2.28. The summed E-state index contributed by atoms with van der Waals surface area (Å²) in [5.41, 5.74) is 0. The van der Waals surface area contributed by atoms with Crippen LogP contribution >= 0.6 is 0 Å².